The second-order valence-corrected chi connectivity index (χ2v) is 5.59. The fraction of sp³-hybridized carbons (Fsp3) is 0.167. The van der Waals surface area contributed by atoms with Gasteiger partial charge in [0.15, 0.2) is 11.6 Å². The number of rotatable bonds is 7. The van der Waals surface area contributed by atoms with Gasteiger partial charge in [0.25, 0.3) is 0 Å². The van der Waals surface area contributed by atoms with E-state index in [1.165, 1.54) is 17.4 Å². The van der Waals surface area contributed by atoms with Crippen LogP contribution in [0.3, 0.4) is 0 Å². The number of hydrogen-bond acceptors (Lipinski definition) is 7. The summed E-state index contributed by atoms with van der Waals surface area (Å²) in [4.78, 5) is 19.9. The number of anilines is 2. The average molecular weight is 353 g/mol. The van der Waals surface area contributed by atoms with Gasteiger partial charge in [-0.15, -0.1) is 0 Å². The van der Waals surface area contributed by atoms with Gasteiger partial charge in [0.1, 0.15) is 0 Å². The summed E-state index contributed by atoms with van der Waals surface area (Å²) in [6.45, 7) is 2.49. The molecule has 2 heterocycles. The summed E-state index contributed by atoms with van der Waals surface area (Å²) in [5.41, 5.74) is 13.2. The normalized spacial score (nSPS) is 10.3. The molecule has 0 aliphatic carbocycles. The molecule has 1 amide bonds. The van der Waals surface area contributed by atoms with E-state index in [4.69, 9.17) is 14.9 Å². The molecule has 1 aromatic carbocycles. The Morgan fingerprint density at radius 1 is 1.23 bits per heavy atom. The lowest BCUT2D eigenvalue weighted by molar-refractivity contribution is 0.0935. The SMILES string of the molecule is Cc1ccc(CCOc2cc(NNC(=O)c3ccco3)nc(N)n2)cc1. The molecule has 0 atom stereocenters. The number of benzene rings is 1. The molecule has 0 bridgehead atoms. The zero-order chi connectivity index (χ0) is 18.4. The number of aromatic nitrogens is 2. The number of ether oxygens (including phenoxy) is 1. The number of nitrogens with one attached hydrogen (secondary N) is 2. The Balaban J connectivity index is 1.55. The third-order valence-electron chi connectivity index (χ3n) is 3.53. The smallest absolute Gasteiger partial charge is 0.305 e. The van der Waals surface area contributed by atoms with E-state index < -0.39 is 5.91 Å². The monoisotopic (exact) mass is 353 g/mol. The van der Waals surface area contributed by atoms with E-state index in [1.54, 1.807) is 18.2 Å². The summed E-state index contributed by atoms with van der Waals surface area (Å²) in [6, 6.07) is 13.0. The van der Waals surface area contributed by atoms with Crippen molar-refractivity contribution < 1.29 is 13.9 Å². The van der Waals surface area contributed by atoms with Crippen molar-refractivity contribution in [2.24, 2.45) is 0 Å². The average Bonchev–Trinajstić information content (AvgIpc) is 3.16. The zero-order valence-electron chi connectivity index (χ0n) is 14.2. The minimum Gasteiger partial charge on any atom is -0.477 e. The standard InChI is InChI=1S/C18H19N5O3/c1-12-4-6-13(7-5-12)8-10-26-16-11-15(20-18(19)21-16)22-23-17(24)14-3-2-9-25-14/h2-7,9,11H,8,10H2,1H3,(H,23,24)(H3,19,20,21,22). The third-order valence-corrected chi connectivity index (χ3v) is 3.53. The molecular formula is C18H19N5O3. The Hall–Kier alpha value is -3.55. The van der Waals surface area contributed by atoms with E-state index in [1.807, 2.05) is 6.92 Å². The molecular weight excluding hydrogens is 334 g/mol. The lowest BCUT2D eigenvalue weighted by Gasteiger charge is -2.10. The summed E-state index contributed by atoms with van der Waals surface area (Å²) in [7, 11) is 0. The summed E-state index contributed by atoms with van der Waals surface area (Å²) >= 11 is 0. The zero-order valence-corrected chi connectivity index (χ0v) is 14.2. The van der Waals surface area contributed by atoms with E-state index in [9.17, 15) is 4.79 Å². The van der Waals surface area contributed by atoms with Gasteiger partial charge in [-0.25, -0.2) is 0 Å². The van der Waals surface area contributed by atoms with Crippen molar-refractivity contribution in [2.75, 3.05) is 17.8 Å². The Morgan fingerprint density at radius 2 is 2.04 bits per heavy atom. The van der Waals surface area contributed by atoms with Crippen LogP contribution in [0.15, 0.2) is 53.1 Å². The maximum Gasteiger partial charge on any atom is 0.305 e. The maximum atomic E-state index is 11.8. The van der Waals surface area contributed by atoms with E-state index in [2.05, 4.69) is 45.1 Å². The molecule has 3 rings (SSSR count). The molecule has 8 heteroatoms. The molecule has 0 aliphatic rings. The number of aryl methyl sites for hydroxylation is 1. The number of hydrazine groups is 1. The molecule has 0 aliphatic heterocycles. The first-order valence-corrected chi connectivity index (χ1v) is 8.03. The van der Waals surface area contributed by atoms with Crippen LogP contribution in [-0.2, 0) is 6.42 Å². The fourth-order valence-corrected chi connectivity index (χ4v) is 2.20. The lowest BCUT2D eigenvalue weighted by atomic mass is 10.1. The molecule has 134 valence electrons. The van der Waals surface area contributed by atoms with E-state index >= 15 is 0 Å². The van der Waals surface area contributed by atoms with Crippen LogP contribution in [0.25, 0.3) is 0 Å². The molecule has 0 saturated carbocycles. The highest BCUT2D eigenvalue weighted by molar-refractivity contribution is 5.92. The lowest BCUT2D eigenvalue weighted by Crippen LogP contribution is -2.29. The van der Waals surface area contributed by atoms with Crippen molar-refractivity contribution in [1.82, 2.24) is 15.4 Å². The van der Waals surface area contributed by atoms with Crippen molar-refractivity contribution in [3.05, 3.63) is 65.6 Å². The highest BCUT2D eigenvalue weighted by Crippen LogP contribution is 2.15. The van der Waals surface area contributed by atoms with Crippen molar-refractivity contribution in [1.29, 1.82) is 0 Å². The van der Waals surface area contributed by atoms with Gasteiger partial charge in [-0.05, 0) is 24.6 Å². The second kappa shape index (κ2) is 8.02. The molecule has 0 saturated heterocycles. The molecule has 0 spiro atoms. The maximum absolute atomic E-state index is 11.8. The van der Waals surface area contributed by atoms with Crippen molar-refractivity contribution in [3.63, 3.8) is 0 Å². The third kappa shape index (κ3) is 4.73. The summed E-state index contributed by atoms with van der Waals surface area (Å²) < 4.78 is 10.6. The van der Waals surface area contributed by atoms with Crippen molar-refractivity contribution >= 4 is 17.7 Å². The Labute approximate surface area is 150 Å². The highest BCUT2D eigenvalue weighted by atomic mass is 16.5. The van der Waals surface area contributed by atoms with E-state index in [0.717, 1.165) is 6.42 Å². The van der Waals surface area contributed by atoms with Gasteiger partial charge >= 0.3 is 5.91 Å². The summed E-state index contributed by atoms with van der Waals surface area (Å²) in [5.74, 6) is 0.401. The number of carbonyl (C=O) groups is 1. The van der Waals surface area contributed by atoms with Crippen LogP contribution < -0.4 is 21.3 Å². The number of furan rings is 1. The number of carbonyl (C=O) groups excluding carboxylic acids is 1. The van der Waals surface area contributed by atoms with Crippen LogP contribution in [0.2, 0.25) is 0 Å². The van der Waals surface area contributed by atoms with Gasteiger partial charge in [0, 0.05) is 12.5 Å². The molecule has 0 unspecified atom stereocenters. The number of hydrogen-bond donors (Lipinski definition) is 3. The largest absolute Gasteiger partial charge is 0.477 e. The predicted molar refractivity (Wildman–Crippen MR) is 96.6 cm³/mol. The van der Waals surface area contributed by atoms with Gasteiger partial charge in [-0.3, -0.25) is 15.6 Å². The number of amides is 1. The first kappa shape index (κ1) is 17.3. The van der Waals surface area contributed by atoms with Crippen LogP contribution in [0.1, 0.15) is 21.7 Å². The number of nitrogens with two attached hydrogens (primary N) is 1. The minimum absolute atomic E-state index is 0.0348. The molecule has 4 N–H and O–H groups in total. The van der Waals surface area contributed by atoms with Gasteiger partial charge in [-0.1, -0.05) is 29.8 Å². The molecule has 8 nitrogen and oxygen atoms in total. The molecule has 0 radical (unpaired) electrons. The molecule has 0 fully saturated rings. The molecule has 26 heavy (non-hydrogen) atoms. The Kier molecular flexibility index (Phi) is 5.33. The Morgan fingerprint density at radius 3 is 2.77 bits per heavy atom. The van der Waals surface area contributed by atoms with Gasteiger partial charge in [-0.2, -0.15) is 9.97 Å². The van der Waals surface area contributed by atoms with Crippen LogP contribution in [0.5, 0.6) is 5.88 Å². The van der Waals surface area contributed by atoms with Crippen LogP contribution in [0, 0.1) is 6.92 Å². The summed E-state index contributed by atoms with van der Waals surface area (Å²) in [5, 5.41) is 0. The highest BCUT2D eigenvalue weighted by Gasteiger charge is 2.09. The van der Waals surface area contributed by atoms with Crippen LogP contribution in [0.4, 0.5) is 11.8 Å². The predicted octanol–water partition coefficient (Wildman–Crippen LogP) is 2.34. The first-order valence-electron chi connectivity index (χ1n) is 8.03. The topological polar surface area (TPSA) is 115 Å². The first-order chi connectivity index (χ1) is 12.6. The summed E-state index contributed by atoms with van der Waals surface area (Å²) in [6.07, 6.45) is 2.15. The van der Waals surface area contributed by atoms with Gasteiger partial charge < -0.3 is 14.9 Å². The van der Waals surface area contributed by atoms with Crippen LogP contribution in [-0.4, -0.2) is 22.5 Å². The van der Waals surface area contributed by atoms with Gasteiger partial charge in [0.2, 0.25) is 11.8 Å². The second-order valence-electron chi connectivity index (χ2n) is 5.59. The minimum atomic E-state index is -0.436. The van der Waals surface area contributed by atoms with Gasteiger partial charge in [0.05, 0.1) is 12.9 Å². The van der Waals surface area contributed by atoms with Crippen LogP contribution >= 0.6 is 0 Å². The number of nitrogen functional groups attached to an aromatic ring is 1. The number of nitrogens with zero attached hydrogens (tertiary/aromatic N) is 2. The Bertz CT molecular complexity index is 863. The quantitative estimate of drug-likeness (QED) is 0.558. The molecule has 2 aromatic heterocycles. The molecule has 3 aromatic rings. The fourth-order valence-electron chi connectivity index (χ4n) is 2.20. The van der Waals surface area contributed by atoms with E-state index in [-0.39, 0.29) is 11.7 Å². The van der Waals surface area contributed by atoms with E-state index in [0.29, 0.717) is 18.3 Å². The van der Waals surface area contributed by atoms with Crippen molar-refractivity contribution in [3.8, 4) is 5.88 Å². The van der Waals surface area contributed by atoms with Crippen molar-refractivity contribution in [2.45, 2.75) is 13.3 Å².